The summed E-state index contributed by atoms with van der Waals surface area (Å²) in [7, 11) is 0. The van der Waals surface area contributed by atoms with E-state index in [0.29, 0.717) is 17.7 Å². The quantitative estimate of drug-likeness (QED) is 0.740. The summed E-state index contributed by atoms with van der Waals surface area (Å²) in [6.45, 7) is 2.61. The first-order chi connectivity index (χ1) is 7.22. The summed E-state index contributed by atoms with van der Waals surface area (Å²) in [4.78, 5) is 22.2. The topological polar surface area (TPSA) is 92.9 Å². The smallest absolute Gasteiger partial charge is 0.374 e. The Morgan fingerprint density at radius 2 is 2.40 bits per heavy atom. The molecule has 0 saturated heterocycles. The molecule has 7 nitrogen and oxygen atoms in total. The Hall–Kier alpha value is -2.18. The number of carboxylic acid groups (broad SMARTS) is 1. The molecule has 0 atom stereocenters. The minimum absolute atomic E-state index is 0.234. The number of aromatic carboxylic acids is 1. The van der Waals surface area contributed by atoms with E-state index >= 15 is 0 Å². The van der Waals surface area contributed by atoms with Crippen LogP contribution in [0.2, 0.25) is 0 Å². The van der Waals surface area contributed by atoms with Gasteiger partial charge in [-0.05, 0) is 6.92 Å². The lowest BCUT2D eigenvalue weighted by Crippen LogP contribution is -2.14. The zero-order valence-corrected chi connectivity index (χ0v) is 8.01. The lowest BCUT2D eigenvalue weighted by molar-refractivity contribution is 0.0684. The van der Waals surface area contributed by atoms with Crippen LogP contribution in [-0.4, -0.2) is 37.2 Å². The number of imidazole rings is 1. The molecule has 0 unspecified atom stereocenters. The van der Waals surface area contributed by atoms with Gasteiger partial charge in [0.05, 0.1) is 6.20 Å². The number of nitrogens with zero attached hydrogens (tertiary/aromatic N) is 4. The Kier molecular flexibility index (Phi) is 2.20. The summed E-state index contributed by atoms with van der Waals surface area (Å²) >= 11 is 0. The number of carboxylic acids is 1. The largest absolute Gasteiger partial charge is 0.475 e. The Bertz CT molecular complexity index is 507. The summed E-state index contributed by atoms with van der Waals surface area (Å²) in [5, 5.41) is 8.73. The van der Waals surface area contributed by atoms with Gasteiger partial charge in [-0.2, -0.15) is 0 Å². The maximum atomic E-state index is 10.7. The second kappa shape index (κ2) is 3.52. The van der Waals surface area contributed by atoms with Gasteiger partial charge >= 0.3 is 5.97 Å². The zero-order valence-electron chi connectivity index (χ0n) is 8.01. The normalized spacial score (nSPS) is 10.5. The molecule has 2 N–H and O–H groups in total. The van der Waals surface area contributed by atoms with E-state index in [0.717, 1.165) is 0 Å². The molecule has 0 aliphatic carbocycles. The standard InChI is InChI=1S/C8H9N5O2/c1-2-11-13-4-10-5-3-9-6(8(14)15)12-7(5)13/h3-4,11H,2H2,1H3,(H,14,15). The highest BCUT2D eigenvalue weighted by atomic mass is 16.4. The molecule has 2 rings (SSSR count). The number of rotatable bonds is 3. The van der Waals surface area contributed by atoms with Gasteiger partial charge in [-0.1, -0.05) is 0 Å². The first-order valence-corrected chi connectivity index (χ1v) is 4.39. The van der Waals surface area contributed by atoms with Gasteiger partial charge in [0, 0.05) is 6.54 Å². The van der Waals surface area contributed by atoms with Crippen LogP contribution in [0, 0.1) is 0 Å². The molecule has 15 heavy (non-hydrogen) atoms. The van der Waals surface area contributed by atoms with Crippen molar-refractivity contribution >= 4 is 17.1 Å². The van der Waals surface area contributed by atoms with Crippen molar-refractivity contribution in [3.05, 3.63) is 18.3 Å². The second-order valence-corrected chi connectivity index (χ2v) is 2.83. The van der Waals surface area contributed by atoms with Crippen molar-refractivity contribution in [1.82, 2.24) is 19.6 Å². The maximum Gasteiger partial charge on any atom is 0.374 e. The highest BCUT2D eigenvalue weighted by molar-refractivity contribution is 5.85. The lowest BCUT2D eigenvalue weighted by atomic mass is 10.5. The van der Waals surface area contributed by atoms with Crippen LogP contribution in [0.1, 0.15) is 17.5 Å². The lowest BCUT2D eigenvalue weighted by Gasteiger charge is -2.03. The van der Waals surface area contributed by atoms with Crippen LogP contribution in [0.4, 0.5) is 0 Å². The Morgan fingerprint density at radius 1 is 1.60 bits per heavy atom. The first-order valence-electron chi connectivity index (χ1n) is 4.39. The predicted molar refractivity (Wildman–Crippen MR) is 52.2 cm³/mol. The fourth-order valence-corrected chi connectivity index (χ4v) is 1.20. The van der Waals surface area contributed by atoms with E-state index in [-0.39, 0.29) is 5.82 Å². The monoisotopic (exact) mass is 207 g/mol. The molecular weight excluding hydrogens is 198 g/mol. The molecule has 0 radical (unpaired) electrons. The highest BCUT2D eigenvalue weighted by Crippen LogP contribution is 2.07. The van der Waals surface area contributed by atoms with Crippen molar-refractivity contribution in [1.29, 1.82) is 0 Å². The minimum atomic E-state index is -1.15. The molecule has 0 aromatic carbocycles. The molecule has 0 amide bonds. The fraction of sp³-hybridized carbons (Fsp3) is 0.250. The zero-order chi connectivity index (χ0) is 10.8. The van der Waals surface area contributed by atoms with Gasteiger partial charge in [0.15, 0.2) is 5.65 Å². The molecule has 2 aromatic rings. The van der Waals surface area contributed by atoms with Crippen LogP contribution in [0.5, 0.6) is 0 Å². The van der Waals surface area contributed by atoms with Crippen molar-refractivity contribution in [2.24, 2.45) is 0 Å². The third-order valence-electron chi connectivity index (χ3n) is 1.81. The van der Waals surface area contributed by atoms with E-state index in [1.165, 1.54) is 12.5 Å². The van der Waals surface area contributed by atoms with Gasteiger partial charge in [-0.25, -0.2) is 24.4 Å². The van der Waals surface area contributed by atoms with E-state index in [1.54, 1.807) is 4.68 Å². The number of aromatic nitrogens is 4. The van der Waals surface area contributed by atoms with Crippen LogP contribution < -0.4 is 5.43 Å². The van der Waals surface area contributed by atoms with Crippen LogP contribution in [-0.2, 0) is 0 Å². The van der Waals surface area contributed by atoms with Gasteiger partial charge in [-0.15, -0.1) is 0 Å². The summed E-state index contributed by atoms with van der Waals surface area (Å²) in [5.74, 6) is -1.39. The number of hydrogen-bond acceptors (Lipinski definition) is 5. The summed E-state index contributed by atoms with van der Waals surface area (Å²) in [5.41, 5.74) is 3.99. The Labute approximate surface area is 84.8 Å². The number of carbonyl (C=O) groups is 1. The molecular formula is C8H9N5O2. The summed E-state index contributed by atoms with van der Waals surface area (Å²) in [6, 6.07) is 0. The van der Waals surface area contributed by atoms with E-state index in [9.17, 15) is 4.79 Å². The molecule has 0 saturated carbocycles. The van der Waals surface area contributed by atoms with Crippen LogP contribution in [0.3, 0.4) is 0 Å². The van der Waals surface area contributed by atoms with Crippen LogP contribution in [0.25, 0.3) is 11.2 Å². The molecule has 2 heterocycles. The molecule has 0 bridgehead atoms. The molecule has 0 spiro atoms. The Balaban J connectivity index is 2.56. The van der Waals surface area contributed by atoms with Gasteiger partial charge in [0.1, 0.15) is 11.8 Å². The highest BCUT2D eigenvalue weighted by Gasteiger charge is 2.10. The minimum Gasteiger partial charge on any atom is -0.475 e. The number of hydrogen-bond donors (Lipinski definition) is 2. The fourth-order valence-electron chi connectivity index (χ4n) is 1.20. The first kappa shape index (κ1) is 9.38. The molecule has 0 fully saturated rings. The van der Waals surface area contributed by atoms with Gasteiger partial charge in [0.25, 0.3) is 0 Å². The van der Waals surface area contributed by atoms with E-state index in [4.69, 9.17) is 5.11 Å². The summed E-state index contributed by atoms with van der Waals surface area (Å²) < 4.78 is 1.57. The van der Waals surface area contributed by atoms with E-state index < -0.39 is 5.97 Å². The van der Waals surface area contributed by atoms with Crippen molar-refractivity contribution in [3.63, 3.8) is 0 Å². The molecule has 2 aromatic heterocycles. The molecule has 0 aliphatic heterocycles. The van der Waals surface area contributed by atoms with Crippen molar-refractivity contribution in [2.75, 3.05) is 12.0 Å². The molecule has 7 heteroatoms. The molecule has 78 valence electrons. The van der Waals surface area contributed by atoms with Gasteiger partial charge in [-0.3, -0.25) is 0 Å². The number of fused-ring (bicyclic) bond motifs is 1. The van der Waals surface area contributed by atoms with Crippen LogP contribution in [0.15, 0.2) is 12.5 Å². The SMILES string of the molecule is CCNn1cnc2cnc(C(=O)O)nc21. The predicted octanol–water partition coefficient (Wildman–Crippen LogP) is 0.0879. The van der Waals surface area contributed by atoms with Crippen LogP contribution >= 0.6 is 0 Å². The number of nitrogens with one attached hydrogen (secondary N) is 1. The van der Waals surface area contributed by atoms with Crippen molar-refractivity contribution in [2.45, 2.75) is 6.92 Å². The van der Waals surface area contributed by atoms with Gasteiger partial charge in [0.2, 0.25) is 5.82 Å². The third kappa shape index (κ3) is 1.58. The maximum absolute atomic E-state index is 10.7. The average Bonchev–Trinajstić information content (AvgIpc) is 2.61. The third-order valence-corrected chi connectivity index (χ3v) is 1.81. The van der Waals surface area contributed by atoms with E-state index in [2.05, 4.69) is 20.4 Å². The second-order valence-electron chi connectivity index (χ2n) is 2.83. The van der Waals surface area contributed by atoms with E-state index in [1.807, 2.05) is 6.92 Å². The van der Waals surface area contributed by atoms with Crippen molar-refractivity contribution in [3.8, 4) is 0 Å². The van der Waals surface area contributed by atoms with Gasteiger partial charge < -0.3 is 10.5 Å². The van der Waals surface area contributed by atoms with Crippen molar-refractivity contribution < 1.29 is 9.90 Å². The summed E-state index contributed by atoms with van der Waals surface area (Å²) in [6.07, 6.45) is 2.92. The Morgan fingerprint density at radius 3 is 3.07 bits per heavy atom. The average molecular weight is 207 g/mol. The molecule has 0 aliphatic rings.